The Morgan fingerprint density at radius 2 is 1.97 bits per heavy atom. The van der Waals surface area contributed by atoms with E-state index in [2.05, 4.69) is 72.3 Å². The van der Waals surface area contributed by atoms with Crippen LogP contribution < -0.4 is 20.7 Å². The molecular weight excluding hydrogens is 416 g/mol. The van der Waals surface area contributed by atoms with Gasteiger partial charge in [-0.25, -0.2) is 0 Å². The minimum Gasteiger partial charge on any atom is -0.463 e. The summed E-state index contributed by atoms with van der Waals surface area (Å²) in [5, 5.41) is 2.82. The summed E-state index contributed by atoms with van der Waals surface area (Å²) in [6, 6.07) is 8.75. The second-order valence-electron chi connectivity index (χ2n) is 8.90. The lowest BCUT2D eigenvalue weighted by atomic mass is 10.1. The predicted octanol–water partition coefficient (Wildman–Crippen LogP) is 4.06. The Kier molecular flexibility index (Phi) is 8.88. The first kappa shape index (κ1) is 24.8. The first-order valence-corrected chi connectivity index (χ1v) is 12.0. The van der Waals surface area contributed by atoms with Crippen LogP contribution in [0.15, 0.2) is 24.3 Å². The maximum absolute atomic E-state index is 12.4. The number of hydrogen-bond donors (Lipinski definition) is 2. The molecule has 0 aliphatic carbocycles. The number of fused-ring (bicyclic) bond motifs is 1. The van der Waals surface area contributed by atoms with Gasteiger partial charge in [0, 0.05) is 13.1 Å². The lowest BCUT2D eigenvalue weighted by Gasteiger charge is -2.30. The zero-order valence-corrected chi connectivity index (χ0v) is 20.4. The van der Waals surface area contributed by atoms with Gasteiger partial charge in [-0.2, -0.15) is 9.97 Å². The standard InChI is InChI=1S/C25H38N6O2/c1-5-8-12-30(4)14-19-10-9-11-20(13-19)15-31-16-21(32)27-22-23(26)28-25(29-24(22)31)33-17-18(6-2)7-3/h9-11,13,18H,5-8,12,14-17H2,1-4H3,(H,27,32)(H2,26,28,29). The SMILES string of the molecule is CCCCN(C)Cc1cccc(CN2CC(=O)Nc3c(N)nc(OCC(CC)CC)nc32)c1. The number of nitrogen functional groups attached to an aromatic ring is 1. The Bertz CT molecular complexity index is 931. The molecule has 0 unspecified atom stereocenters. The average molecular weight is 455 g/mol. The lowest BCUT2D eigenvalue weighted by molar-refractivity contribution is -0.115. The molecule has 180 valence electrons. The zero-order chi connectivity index (χ0) is 23.8. The van der Waals surface area contributed by atoms with Crippen molar-refractivity contribution < 1.29 is 9.53 Å². The Morgan fingerprint density at radius 1 is 1.21 bits per heavy atom. The van der Waals surface area contributed by atoms with E-state index in [9.17, 15) is 4.79 Å². The number of benzene rings is 1. The number of hydrogen-bond acceptors (Lipinski definition) is 7. The van der Waals surface area contributed by atoms with E-state index in [-0.39, 0.29) is 24.3 Å². The molecule has 1 aliphatic heterocycles. The van der Waals surface area contributed by atoms with Crippen LogP contribution in [0.25, 0.3) is 0 Å². The van der Waals surface area contributed by atoms with E-state index in [0.29, 0.717) is 30.6 Å². The average Bonchev–Trinajstić information content (AvgIpc) is 2.79. The Balaban J connectivity index is 1.78. The maximum Gasteiger partial charge on any atom is 0.320 e. The van der Waals surface area contributed by atoms with Crippen LogP contribution in [-0.2, 0) is 17.9 Å². The van der Waals surface area contributed by atoms with Crippen LogP contribution in [0.4, 0.5) is 17.3 Å². The molecule has 2 aromatic rings. The third kappa shape index (κ3) is 6.81. The number of unbranched alkanes of at least 4 members (excludes halogenated alkanes) is 1. The van der Waals surface area contributed by atoms with Crippen molar-refractivity contribution in [2.45, 2.75) is 59.5 Å². The van der Waals surface area contributed by atoms with Crippen molar-refractivity contribution in [3.63, 3.8) is 0 Å². The zero-order valence-electron chi connectivity index (χ0n) is 20.4. The summed E-state index contributed by atoms with van der Waals surface area (Å²) in [4.78, 5) is 25.5. The van der Waals surface area contributed by atoms with E-state index in [1.165, 1.54) is 18.4 Å². The molecule has 0 radical (unpaired) electrons. The maximum atomic E-state index is 12.4. The van der Waals surface area contributed by atoms with Crippen LogP contribution in [-0.4, -0.2) is 47.5 Å². The van der Waals surface area contributed by atoms with Crippen LogP contribution in [0.5, 0.6) is 6.01 Å². The summed E-state index contributed by atoms with van der Waals surface area (Å²) in [7, 11) is 2.15. The van der Waals surface area contributed by atoms with Gasteiger partial charge in [0.15, 0.2) is 11.6 Å². The van der Waals surface area contributed by atoms with Crippen molar-refractivity contribution in [1.82, 2.24) is 14.9 Å². The Morgan fingerprint density at radius 3 is 2.70 bits per heavy atom. The molecule has 0 bridgehead atoms. The molecule has 0 spiro atoms. The highest BCUT2D eigenvalue weighted by Gasteiger charge is 2.27. The van der Waals surface area contributed by atoms with Crippen molar-refractivity contribution in [1.29, 1.82) is 0 Å². The van der Waals surface area contributed by atoms with Crippen molar-refractivity contribution >= 4 is 23.2 Å². The van der Waals surface area contributed by atoms with E-state index in [4.69, 9.17) is 10.5 Å². The fraction of sp³-hybridized carbons (Fsp3) is 0.560. The second-order valence-corrected chi connectivity index (χ2v) is 8.90. The van der Waals surface area contributed by atoms with E-state index < -0.39 is 0 Å². The lowest BCUT2D eigenvalue weighted by Crippen LogP contribution is -2.39. The number of carbonyl (C=O) groups excluding carboxylic acids is 1. The quantitative estimate of drug-likeness (QED) is 0.499. The number of anilines is 3. The molecule has 33 heavy (non-hydrogen) atoms. The van der Waals surface area contributed by atoms with Gasteiger partial charge < -0.3 is 25.6 Å². The molecule has 1 aromatic heterocycles. The minimum atomic E-state index is -0.126. The molecule has 1 amide bonds. The fourth-order valence-electron chi connectivity index (χ4n) is 4.00. The number of ether oxygens (including phenoxy) is 1. The monoisotopic (exact) mass is 454 g/mol. The number of nitrogens with zero attached hydrogens (tertiary/aromatic N) is 4. The normalized spacial score (nSPS) is 13.4. The van der Waals surface area contributed by atoms with Crippen molar-refractivity contribution in [2.75, 3.05) is 42.7 Å². The molecule has 8 nitrogen and oxygen atoms in total. The minimum absolute atomic E-state index is 0.126. The number of nitrogens with two attached hydrogens (primary N) is 1. The van der Waals surface area contributed by atoms with E-state index in [1.807, 2.05) is 4.90 Å². The van der Waals surface area contributed by atoms with Crippen LogP contribution in [0.3, 0.4) is 0 Å². The van der Waals surface area contributed by atoms with Gasteiger partial charge in [-0.15, -0.1) is 0 Å². The highest BCUT2D eigenvalue weighted by Crippen LogP contribution is 2.34. The van der Waals surface area contributed by atoms with Crippen LogP contribution in [0, 0.1) is 5.92 Å². The first-order valence-electron chi connectivity index (χ1n) is 12.0. The van der Waals surface area contributed by atoms with Crippen LogP contribution >= 0.6 is 0 Å². The number of aromatic nitrogens is 2. The summed E-state index contributed by atoms with van der Waals surface area (Å²) >= 11 is 0. The smallest absolute Gasteiger partial charge is 0.320 e. The first-order chi connectivity index (χ1) is 15.9. The van der Waals surface area contributed by atoms with Gasteiger partial charge in [0.1, 0.15) is 5.69 Å². The number of rotatable bonds is 12. The molecule has 0 fully saturated rings. The highest BCUT2D eigenvalue weighted by molar-refractivity contribution is 6.03. The van der Waals surface area contributed by atoms with Gasteiger partial charge in [0.05, 0.1) is 13.2 Å². The summed E-state index contributed by atoms with van der Waals surface area (Å²) < 4.78 is 5.87. The molecule has 1 aromatic carbocycles. The third-order valence-electron chi connectivity index (χ3n) is 6.11. The molecule has 0 atom stereocenters. The van der Waals surface area contributed by atoms with Gasteiger partial charge in [0.2, 0.25) is 5.91 Å². The van der Waals surface area contributed by atoms with Gasteiger partial charge in [0.25, 0.3) is 0 Å². The summed E-state index contributed by atoms with van der Waals surface area (Å²) in [6.45, 7) is 9.78. The van der Waals surface area contributed by atoms with Crippen LogP contribution in [0.1, 0.15) is 57.6 Å². The molecule has 1 aliphatic rings. The van der Waals surface area contributed by atoms with E-state index in [0.717, 1.165) is 31.5 Å². The molecular formula is C25H38N6O2. The van der Waals surface area contributed by atoms with Crippen LogP contribution in [0.2, 0.25) is 0 Å². The van der Waals surface area contributed by atoms with Gasteiger partial charge in [-0.1, -0.05) is 64.3 Å². The molecule has 2 heterocycles. The summed E-state index contributed by atoms with van der Waals surface area (Å²) in [6.07, 6.45) is 4.44. The molecule has 3 N–H and O–H groups in total. The topological polar surface area (TPSA) is 96.6 Å². The molecule has 8 heteroatoms. The number of amides is 1. The van der Waals surface area contributed by atoms with Gasteiger partial charge in [-0.05, 0) is 37.1 Å². The number of carbonyl (C=O) groups is 1. The largest absolute Gasteiger partial charge is 0.463 e. The Hall–Kier alpha value is -2.87. The Labute approximate surface area is 197 Å². The predicted molar refractivity (Wildman–Crippen MR) is 133 cm³/mol. The van der Waals surface area contributed by atoms with E-state index in [1.54, 1.807) is 0 Å². The van der Waals surface area contributed by atoms with Crippen molar-refractivity contribution in [2.24, 2.45) is 5.92 Å². The highest BCUT2D eigenvalue weighted by atomic mass is 16.5. The van der Waals surface area contributed by atoms with E-state index >= 15 is 0 Å². The molecule has 0 saturated heterocycles. The van der Waals surface area contributed by atoms with Gasteiger partial charge in [-0.3, -0.25) is 4.79 Å². The van der Waals surface area contributed by atoms with Crippen molar-refractivity contribution in [3.05, 3.63) is 35.4 Å². The molecule has 0 saturated carbocycles. The second kappa shape index (κ2) is 11.8. The molecule has 3 rings (SSSR count). The summed E-state index contributed by atoms with van der Waals surface area (Å²) in [5.74, 6) is 1.15. The third-order valence-corrected chi connectivity index (χ3v) is 6.11. The number of nitrogens with one attached hydrogen (secondary N) is 1. The summed E-state index contributed by atoms with van der Waals surface area (Å²) in [5.41, 5.74) is 9.00. The van der Waals surface area contributed by atoms with Gasteiger partial charge >= 0.3 is 6.01 Å². The fourth-order valence-corrected chi connectivity index (χ4v) is 4.00. The van der Waals surface area contributed by atoms with Crippen molar-refractivity contribution in [3.8, 4) is 6.01 Å².